The van der Waals surface area contributed by atoms with Gasteiger partial charge in [-0.1, -0.05) is 36.4 Å². The van der Waals surface area contributed by atoms with Gasteiger partial charge in [-0.3, -0.25) is 0 Å². The summed E-state index contributed by atoms with van der Waals surface area (Å²) in [5.41, 5.74) is 4.69. The molecule has 1 N–H and O–H groups in total. The molecular formula is C19H22N3+. The molecule has 1 saturated heterocycles. The average Bonchev–Trinajstić information content (AvgIpc) is 2.57. The van der Waals surface area contributed by atoms with Crippen molar-refractivity contribution in [1.82, 2.24) is 0 Å². The number of piperazine rings is 1. The lowest BCUT2D eigenvalue weighted by atomic mass is 10.1. The molecule has 0 amide bonds. The van der Waals surface area contributed by atoms with Gasteiger partial charge in [0.2, 0.25) is 0 Å². The summed E-state index contributed by atoms with van der Waals surface area (Å²) in [6.07, 6.45) is 0. The average molecular weight is 292 g/mol. The third-order valence-electron chi connectivity index (χ3n) is 4.50. The molecule has 1 aliphatic heterocycles. The number of para-hydroxylation sites is 1. The van der Waals surface area contributed by atoms with Crippen molar-refractivity contribution < 1.29 is 4.90 Å². The SMILES string of the molecule is Cc1ccccc1N1CC[NH+](Cc2ccccc2C#N)CC1. The van der Waals surface area contributed by atoms with E-state index in [1.807, 2.05) is 18.2 Å². The van der Waals surface area contributed by atoms with Gasteiger partial charge in [-0.2, -0.15) is 5.26 Å². The molecule has 0 bridgehead atoms. The van der Waals surface area contributed by atoms with Crippen LogP contribution in [0.3, 0.4) is 0 Å². The van der Waals surface area contributed by atoms with Crippen LogP contribution >= 0.6 is 0 Å². The van der Waals surface area contributed by atoms with Gasteiger partial charge in [0, 0.05) is 11.3 Å². The van der Waals surface area contributed by atoms with Gasteiger partial charge in [0.05, 0.1) is 37.8 Å². The number of rotatable bonds is 3. The topological polar surface area (TPSA) is 31.5 Å². The Morgan fingerprint density at radius 3 is 2.45 bits per heavy atom. The van der Waals surface area contributed by atoms with E-state index in [2.05, 4.69) is 48.2 Å². The van der Waals surface area contributed by atoms with Crippen LogP contribution in [0.2, 0.25) is 0 Å². The van der Waals surface area contributed by atoms with E-state index in [1.165, 1.54) is 16.8 Å². The monoisotopic (exact) mass is 292 g/mol. The standard InChI is InChI=1S/C19H21N3/c1-16-6-2-5-9-19(16)22-12-10-21(11-13-22)15-18-8-4-3-7-17(18)14-20/h2-9H,10-13,15H2,1H3/p+1. The van der Waals surface area contributed by atoms with Crippen LogP contribution in [0.15, 0.2) is 48.5 Å². The molecule has 0 aliphatic carbocycles. The third kappa shape index (κ3) is 3.13. The number of benzene rings is 2. The molecule has 112 valence electrons. The van der Waals surface area contributed by atoms with Crippen LogP contribution < -0.4 is 9.80 Å². The van der Waals surface area contributed by atoms with E-state index in [9.17, 15) is 5.26 Å². The summed E-state index contributed by atoms with van der Waals surface area (Å²) in [6.45, 7) is 7.52. The lowest BCUT2D eigenvalue weighted by molar-refractivity contribution is -0.914. The van der Waals surface area contributed by atoms with Crippen molar-refractivity contribution >= 4 is 5.69 Å². The number of hydrogen-bond acceptors (Lipinski definition) is 2. The maximum Gasteiger partial charge on any atom is 0.104 e. The Balaban J connectivity index is 1.63. The van der Waals surface area contributed by atoms with Crippen molar-refractivity contribution in [2.24, 2.45) is 0 Å². The van der Waals surface area contributed by atoms with E-state index in [1.54, 1.807) is 4.90 Å². The minimum atomic E-state index is 0.816. The van der Waals surface area contributed by atoms with E-state index in [0.29, 0.717) is 0 Å². The van der Waals surface area contributed by atoms with Gasteiger partial charge in [0.1, 0.15) is 6.54 Å². The van der Waals surface area contributed by atoms with E-state index < -0.39 is 0 Å². The molecule has 0 unspecified atom stereocenters. The number of anilines is 1. The Morgan fingerprint density at radius 2 is 1.73 bits per heavy atom. The summed E-state index contributed by atoms with van der Waals surface area (Å²) in [7, 11) is 0. The smallest absolute Gasteiger partial charge is 0.104 e. The summed E-state index contributed by atoms with van der Waals surface area (Å²) < 4.78 is 0. The second-order valence-electron chi connectivity index (χ2n) is 5.97. The molecule has 0 spiro atoms. The first-order valence-corrected chi connectivity index (χ1v) is 7.90. The molecule has 1 heterocycles. The second-order valence-corrected chi connectivity index (χ2v) is 5.97. The van der Waals surface area contributed by atoms with Gasteiger partial charge < -0.3 is 9.80 Å². The Hall–Kier alpha value is -2.31. The van der Waals surface area contributed by atoms with E-state index in [0.717, 1.165) is 38.3 Å². The first-order valence-electron chi connectivity index (χ1n) is 7.90. The highest BCUT2D eigenvalue weighted by molar-refractivity contribution is 5.53. The molecule has 2 aromatic rings. The largest absolute Gasteiger partial charge is 0.360 e. The van der Waals surface area contributed by atoms with Gasteiger partial charge in [0.25, 0.3) is 0 Å². The van der Waals surface area contributed by atoms with Crippen LogP contribution in [0, 0.1) is 18.3 Å². The number of aryl methyl sites for hydroxylation is 1. The van der Waals surface area contributed by atoms with Crippen molar-refractivity contribution in [1.29, 1.82) is 5.26 Å². The van der Waals surface area contributed by atoms with Crippen LogP contribution in [-0.4, -0.2) is 26.2 Å². The van der Waals surface area contributed by atoms with E-state index in [-0.39, 0.29) is 0 Å². The fourth-order valence-electron chi connectivity index (χ4n) is 3.21. The van der Waals surface area contributed by atoms with Crippen molar-refractivity contribution in [3.05, 3.63) is 65.2 Å². The van der Waals surface area contributed by atoms with Gasteiger partial charge in [-0.05, 0) is 24.6 Å². The summed E-state index contributed by atoms with van der Waals surface area (Å²) in [5.74, 6) is 0. The molecule has 0 aromatic heterocycles. The minimum Gasteiger partial charge on any atom is -0.360 e. The van der Waals surface area contributed by atoms with Gasteiger partial charge in [-0.15, -0.1) is 0 Å². The van der Waals surface area contributed by atoms with Crippen molar-refractivity contribution in [2.45, 2.75) is 13.5 Å². The van der Waals surface area contributed by atoms with E-state index in [4.69, 9.17) is 0 Å². The fraction of sp³-hybridized carbons (Fsp3) is 0.316. The van der Waals surface area contributed by atoms with Crippen LogP contribution in [-0.2, 0) is 6.54 Å². The minimum absolute atomic E-state index is 0.816. The number of quaternary nitrogens is 1. The molecule has 2 aromatic carbocycles. The molecule has 0 saturated carbocycles. The van der Waals surface area contributed by atoms with Crippen LogP contribution in [0.4, 0.5) is 5.69 Å². The Bertz CT molecular complexity index is 679. The summed E-state index contributed by atoms with van der Waals surface area (Å²) in [4.78, 5) is 4.04. The van der Waals surface area contributed by atoms with Crippen molar-refractivity contribution in [2.75, 3.05) is 31.1 Å². The molecule has 1 fully saturated rings. The molecule has 3 heteroatoms. The maximum atomic E-state index is 9.20. The quantitative estimate of drug-likeness (QED) is 0.935. The zero-order chi connectivity index (χ0) is 15.4. The van der Waals surface area contributed by atoms with Crippen molar-refractivity contribution in [3.8, 4) is 6.07 Å². The zero-order valence-electron chi connectivity index (χ0n) is 13.0. The van der Waals surface area contributed by atoms with Crippen LogP contribution in [0.1, 0.15) is 16.7 Å². The van der Waals surface area contributed by atoms with Crippen LogP contribution in [0.25, 0.3) is 0 Å². The maximum absolute atomic E-state index is 9.20. The lowest BCUT2D eigenvalue weighted by Gasteiger charge is -2.34. The number of nitriles is 1. The molecule has 3 rings (SSSR count). The highest BCUT2D eigenvalue weighted by atomic mass is 15.3. The van der Waals surface area contributed by atoms with Gasteiger partial charge in [-0.25, -0.2) is 0 Å². The third-order valence-corrected chi connectivity index (χ3v) is 4.50. The zero-order valence-corrected chi connectivity index (χ0v) is 13.0. The lowest BCUT2D eigenvalue weighted by Crippen LogP contribution is -3.13. The predicted molar refractivity (Wildman–Crippen MR) is 88.9 cm³/mol. The van der Waals surface area contributed by atoms with E-state index >= 15 is 0 Å². The Labute approximate surface area is 132 Å². The Kier molecular flexibility index (Phi) is 4.41. The normalized spacial score (nSPS) is 15.5. The Morgan fingerprint density at radius 1 is 1.05 bits per heavy atom. The molecule has 0 radical (unpaired) electrons. The first kappa shape index (κ1) is 14.6. The number of nitrogens with one attached hydrogen (secondary N) is 1. The van der Waals surface area contributed by atoms with Gasteiger partial charge >= 0.3 is 0 Å². The summed E-state index contributed by atoms with van der Waals surface area (Å²) in [6, 6.07) is 18.9. The fourth-order valence-corrected chi connectivity index (χ4v) is 3.21. The summed E-state index contributed by atoms with van der Waals surface area (Å²) in [5, 5.41) is 9.20. The summed E-state index contributed by atoms with van der Waals surface area (Å²) >= 11 is 0. The highest BCUT2D eigenvalue weighted by Gasteiger charge is 2.21. The molecule has 3 nitrogen and oxygen atoms in total. The first-order chi connectivity index (χ1) is 10.8. The number of nitrogens with zero attached hydrogens (tertiary/aromatic N) is 2. The molecule has 22 heavy (non-hydrogen) atoms. The molecule has 0 atom stereocenters. The van der Waals surface area contributed by atoms with Crippen LogP contribution in [0.5, 0.6) is 0 Å². The predicted octanol–water partition coefficient (Wildman–Crippen LogP) is 1.77. The molecule has 1 aliphatic rings. The highest BCUT2D eigenvalue weighted by Crippen LogP contribution is 2.18. The molecular weight excluding hydrogens is 270 g/mol. The second kappa shape index (κ2) is 6.64. The van der Waals surface area contributed by atoms with Crippen molar-refractivity contribution in [3.63, 3.8) is 0 Å². The number of hydrogen-bond donors (Lipinski definition) is 1. The van der Waals surface area contributed by atoms with Gasteiger partial charge in [0.15, 0.2) is 0 Å².